The molecule has 0 spiro atoms. The molecule has 10 nitrogen and oxygen atoms in total. The minimum Gasteiger partial charge on any atom is -0.388 e. The lowest BCUT2D eigenvalue weighted by Gasteiger charge is -2.20. The van der Waals surface area contributed by atoms with Crippen LogP contribution in [0.3, 0.4) is 0 Å². The molecule has 40 heavy (non-hydrogen) atoms. The van der Waals surface area contributed by atoms with Crippen LogP contribution in [0.15, 0.2) is 23.2 Å². The molecule has 1 aliphatic rings. The smallest absolute Gasteiger partial charge is 0.388 e. The van der Waals surface area contributed by atoms with Crippen LogP contribution in [0.1, 0.15) is 23.8 Å². The number of nitrogens with one attached hydrogen (secondary N) is 3. The maximum atomic E-state index is 14.1. The van der Waals surface area contributed by atoms with Crippen molar-refractivity contribution in [2.24, 2.45) is 7.05 Å². The number of likely N-dealkylation sites (tertiary alicyclic amines) is 1. The second kappa shape index (κ2) is 12.7. The van der Waals surface area contributed by atoms with Crippen molar-refractivity contribution in [1.29, 1.82) is 0 Å². The van der Waals surface area contributed by atoms with E-state index in [1.165, 1.54) is 19.4 Å². The summed E-state index contributed by atoms with van der Waals surface area (Å²) in [6, 6.07) is -1.35. The molecule has 3 rings (SSSR count). The van der Waals surface area contributed by atoms with Crippen LogP contribution in [0, 0.1) is 23.3 Å². The van der Waals surface area contributed by atoms with Crippen molar-refractivity contribution in [1.82, 2.24) is 19.5 Å². The van der Waals surface area contributed by atoms with Crippen LogP contribution >= 0.6 is 0 Å². The van der Waals surface area contributed by atoms with Crippen LogP contribution in [0.5, 0.6) is 0 Å². The van der Waals surface area contributed by atoms with Gasteiger partial charge in [0.2, 0.25) is 10.0 Å². The third-order valence-corrected chi connectivity index (χ3v) is 7.14. The molecule has 2 heterocycles. The van der Waals surface area contributed by atoms with Gasteiger partial charge < -0.3 is 20.1 Å². The number of aryl methyl sites for hydroxylation is 1. The first kappa shape index (κ1) is 32.5. The molecule has 2 aromatic rings. The highest BCUT2D eigenvalue weighted by Crippen LogP contribution is 2.22. The number of carbonyl (C=O) groups excluding carboxylic acids is 3. The maximum Gasteiger partial charge on any atom is 0.408 e. The van der Waals surface area contributed by atoms with Crippen molar-refractivity contribution >= 4 is 33.8 Å². The van der Waals surface area contributed by atoms with Gasteiger partial charge in [0.25, 0.3) is 0 Å². The zero-order chi connectivity index (χ0) is 30.6. The Morgan fingerprint density at radius 2 is 1.68 bits per heavy atom. The highest BCUT2D eigenvalue weighted by Gasteiger charge is 2.40. The minimum absolute atomic E-state index is 0.0576. The predicted molar refractivity (Wildman–Crippen MR) is 126 cm³/mol. The van der Waals surface area contributed by atoms with Gasteiger partial charge in [-0.2, -0.15) is 13.2 Å². The molecule has 1 aromatic heterocycles. The van der Waals surface area contributed by atoms with Crippen LogP contribution in [0.2, 0.25) is 0 Å². The lowest BCUT2D eigenvalue weighted by molar-refractivity contribution is -0.162. The molecular formula is C22H24F7N5O5S. The topological polar surface area (TPSA) is 130 Å². The standard InChI is InChI=1S/C15H18F4N4O5S.C7H6F3N/c1-8(15(17,18)19)20-13(25)14(26)23-4-3-9(5-23)21-29(27,28)11-6-22(2)10(7-24)12(11)16;1-11-4-2-5(8)7(10)6(9)3-4/h6-9,21H,3-5H2,1-2H3,(H,20,25);2-3,11H,1H3. The second-order valence-corrected chi connectivity index (χ2v) is 10.2. The maximum absolute atomic E-state index is 14.1. The fourth-order valence-corrected chi connectivity index (χ4v) is 4.81. The van der Waals surface area contributed by atoms with Crippen molar-refractivity contribution in [3.63, 3.8) is 0 Å². The Morgan fingerprint density at radius 1 is 1.10 bits per heavy atom. The van der Waals surface area contributed by atoms with Gasteiger partial charge in [-0.15, -0.1) is 0 Å². The van der Waals surface area contributed by atoms with E-state index in [0.29, 0.717) is 6.92 Å². The van der Waals surface area contributed by atoms with Crippen LogP contribution in [-0.2, 0) is 26.7 Å². The number of sulfonamides is 1. The molecule has 2 atom stereocenters. The average Bonchev–Trinajstić information content (AvgIpc) is 3.44. The summed E-state index contributed by atoms with van der Waals surface area (Å²) in [5.74, 6) is -7.76. The number of aldehydes is 1. The Hall–Kier alpha value is -3.67. The summed E-state index contributed by atoms with van der Waals surface area (Å²) in [6.07, 6.45) is -3.60. The summed E-state index contributed by atoms with van der Waals surface area (Å²) >= 11 is 0. The summed E-state index contributed by atoms with van der Waals surface area (Å²) in [5, 5.41) is 4.02. The summed E-state index contributed by atoms with van der Waals surface area (Å²) in [4.78, 5) is 34.6. The number of aromatic nitrogens is 1. The fraction of sp³-hybridized carbons (Fsp3) is 0.409. The zero-order valence-corrected chi connectivity index (χ0v) is 21.9. The Balaban J connectivity index is 0.000000425. The lowest BCUT2D eigenvalue weighted by atomic mass is 10.3. The molecule has 1 saturated heterocycles. The van der Waals surface area contributed by atoms with Crippen LogP contribution in [0.4, 0.5) is 36.4 Å². The molecule has 3 N–H and O–H groups in total. The number of alkyl halides is 3. The van der Waals surface area contributed by atoms with Gasteiger partial charge in [-0.05, 0) is 13.3 Å². The van der Waals surface area contributed by atoms with E-state index in [1.807, 2.05) is 0 Å². The Kier molecular flexibility index (Phi) is 10.3. The largest absolute Gasteiger partial charge is 0.408 e. The number of hydrogen-bond donors (Lipinski definition) is 3. The number of rotatable bonds is 6. The lowest BCUT2D eigenvalue weighted by Crippen LogP contribution is -2.50. The summed E-state index contributed by atoms with van der Waals surface area (Å²) in [7, 11) is -1.61. The zero-order valence-electron chi connectivity index (χ0n) is 21.1. The number of benzene rings is 1. The van der Waals surface area contributed by atoms with Gasteiger partial charge in [-0.1, -0.05) is 0 Å². The SMILES string of the molecule is CC(NC(=O)C(=O)N1CCC(NS(=O)(=O)c2cn(C)c(C=O)c2F)C1)C(F)(F)F.CNc1cc(F)c(F)c(F)c1. The molecule has 2 amide bonds. The molecule has 1 fully saturated rings. The monoisotopic (exact) mass is 603 g/mol. The molecule has 1 aliphatic heterocycles. The second-order valence-electron chi connectivity index (χ2n) is 8.52. The molecule has 0 saturated carbocycles. The molecule has 0 bridgehead atoms. The van der Waals surface area contributed by atoms with Crippen LogP contribution < -0.4 is 15.4 Å². The first-order valence-electron chi connectivity index (χ1n) is 11.2. The van der Waals surface area contributed by atoms with E-state index in [4.69, 9.17) is 0 Å². The van der Waals surface area contributed by atoms with Crippen LogP contribution in [0.25, 0.3) is 0 Å². The molecule has 0 radical (unpaired) electrons. The summed E-state index contributed by atoms with van der Waals surface area (Å²) in [6.45, 7) is 0.297. The summed E-state index contributed by atoms with van der Waals surface area (Å²) in [5.41, 5.74) is -0.259. The quantitative estimate of drug-likeness (QED) is 0.201. The Morgan fingerprint density at radius 3 is 2.15 bits per heavy atom. The highest BCUT2D eigenvalue weighted by molar-refractivity contribution is 7.89. The van der Waals surface area contributed by atoms with E-state index in [1.54, 1.807) is 0 Å². The van der Waals surface area contributed by atoms with Crippen LogP contribution in [-0.4, -0.2) is 74.4 Å². The predicted octanol–water partition coefficient (Wildman–Crippen LogP) is 2.07. The van der Waals surface area contributed by atoms with E-state index in [9.17, 15) is 53.5 Å². The van der Waals surface area contributed by atoms with Gasteiger partial charge in [0.1, 0.15) is 16.6 Å². The number of carbonyl (C=O) groups is 3. The molecule has 222 valence electrons. The Bertz CT molecular complexity index is 1360. The molecular weight excluding hydrogens is 579 g/mol. The normalized spacial score (nSPS) is 16.1. The Labute approximate surface area is 223 Å². The van der Waals surface area contributed by atoms with E-state index in [0.717, 1.165) is 27.8 Å². The van der Waals surface area contributed by atoms with Crippen molar-refractivity contribution < 1.29 is 53.5 Å². The third-order valence-electron chi connectivity index (χ3n) is 5.64. The molecule has 1 aromatic carbocycles. The minimum atomic E-state index is -4.72. The fourth-order valence-electron chi connectivity index (χ4n) is 3.41. The summed E-state index contributed by atoms with van der Waals surface area (Å²) < 4.78 is 116. The van der Waals surface area contributed by atoms with Gasteiger partial charge >= 0.3 is 18.0 Å². The van der Waals surface area contributed by atoms with Gasteiger partial charge in [-0.3, -0.25) is 14.4 Å². The van der Waals surface area contributed by atoms with Gasteiger partial charge in [0, 0.05) is 57.2 Å². The highest BCUT2D eigenvalue weighted by atomic mass is 32.2. The van der Waals surface area contributed by atoms with Gasteiger partial charge in [0.15, 0.2) is 29.6 Å². The third kappa shape index (κ3) is 7.71. The van der Waals surface area contributed by atoms with Gasteiger partial charge in [0.05, 0.1) is 0 Å². The van der Waals surface area contributed by atoms with Gasteiger partial charge in [-0.25, -0.2) is 30.7 Å². The first-order valence-corrected chi connectivity index (χ1v) is 12.7. The van der Waals surface area contributed by atoms with Crippen molar-refractivity contribution in [3.8, 4) is 0 Å². The molecule has 18 heteroatoms. The number of halogens is 7. The van der Waals surface area contributed by atoms with Crippen molar-refractivity contribution in [2.45, 2.75) is 36.5 Å². The van der Waals surface area contributed by atoms with Crippen molar-refractivity contribution in [3.05, 3.63) is 47.3 Å². The van der Waals surface area contributed by atoms with E-state index in [2.05, 4.69) is 10.0 Å². The number of hydrogen-bond acceptors (Lipinski definition) is 6. The molecule has 2 unspecified atom stereocenters. The number of nitrogens with zero attached hydrogens (tertiary/aromatic N) is 2. The van der Waals surface area contributed by atoms with E-state index >= 15 is 0 Å². The number of amides is 2. The molecule has 0 aliphatic carbocycles. The van der Waals surface area contributed by atoms with E-state index < -0.39 is 74.0 Å². The van der Waals surface area contributed by atoms with E-state index in [-0.39, 0.29) is 31.5 Å². The first-order chi connectivity index (χ1) is 18.4. The van der Waals surface area contributed by atoms with Crippen molar-refractivity contribution in [2.75, 3.05) is 25.5 Å². The number of anilines is 1. The average molecular weight is 604 g/mol.